The van der Waals surface area contributed by atoms with E-state index in [2.05, 4.69) is 66.4 Å². The summed E-state index contributed by atoms with van der Waals surface area (Å²) in [5.74, 6) is 0.818. The average Bonchev–Trinajstić information content (AvgIpc) is 3.39. The standard InChI is InChI=1S/C25H29BrN2OS2/c1-15-11-21(12-16(2)23(15)26)28-17(3)13-20(18(28)4)14-22-24(29)27(25(30)31-22)10-9-19-7-5-6-8-19/h11-14,19H,5-10H2,1-4H3/b22-14-. The number of thiocarbonyl (C=S) groups is 1. The van der Waals surface area contributed by atoms with Gasteiger partial charge in [-0.3, -0.25) is 9.69 Å². The highest BCUT2D eigenvalue weighted by atomic mass is 79.9. The van der Waals surface area contributed by atoms with Gasteiger partial charge in [0.25, 0.3) is 5.91 Å². The first-order chi connectivity index (χ1) is 14.8. The summed E-state index contributed by atoms with van der Waals surface area (Å²) in [4.78, 5) is 15.6. The fraction of sp³-hybridized carbons (Fsp3) is 0.440. The number of carbonyl (C=O) groups is 1. The van der Waals surface area contributed by atoms with E-state index in [1.54, 1.807) is 0 Å². The molecule has 1 aliphatic carbocycles. The van der Waals surface area contributed by atoms with E-state index in [0.717, 1.165) is 50.9 Å². The molecule has 0 N–H and O–H groups in total. The van der Waals surface area contributed by atoms with Gasteiger partial charge in [0, 0.05) is 28.1 Å². The Bertz CT molecular complexity index is 1060. The van der Waals surface area contributed by atoms with E-state index >= 15 is 0 Å². The number of hydrogen-bond acceptors (Lipinski definition) is 3. The first-order valence-electron chi connectivity index (χ1n) is 11.0. The molecule has 6 heteroatoms. The zero-order valence-electron chi connectivity index (χ0n) is 18.6. The maximum absolute atomic E-state index is 13.1. The Hall–Kier alpha value is -1.37. The molecule has 1 aromatic carbocycles. The van der Waals surface area contributed by atoms with Crippen molar-refractivity contribution in [1.82, 2.24) is 9.47 Å². The van der Waals surface area contributed by atoms with Gasteiger partial charge < -0.3 is 4.57 Å². The first kappa shape index (κ1) is 22.8. The van der Waals surface area contributed by atoms with Crippen LogP contribution in [0.4, 0.5) is 0 Å². The molecule has 2 aromatic rings. The number of amides is 1. The number of halogens is 1. The van der Waals surface area contributed by atoms with Crippen molar-refractivity contribution in [2.75, 3.05) is 6.54 Å². The summed E-state index contributed by atoms with van der Waals surface area (Å²) in [5.41, 5.74) is 6.94. The van der Waals surface area contributed by atoms with Gasteiger partial charge in [0.15, 0.2) is 0 Å². The van der Waals surface area contributed by atoms with Crippen molar-refractivity contribution in [3.8, 4) is 5.69 Å². The lowest BCUT2D eigenvalue weighted by Crippen LogP contribution is -2.30. The van der Waals surface area contributed by atoms with Gasteiger partial charge in [-0.05, 0) is 81.0 Å². The fourth-order valence-corrected chi connectivity index (χ4v) is 6.36. The van der Waals surface area contributed by atoms with E-state index in [-0.39, 0.29) is 5.91 Å². The van der Waals surface area contributed by atoms with Crippen LogP contribution in [0.1, 0.15) is 60.2 Å². The molecule has 4 rings (SSSR count). The SMILES string of the molecule is Cc1cc(-n2c(C)cc(/C=C3\SC(=S)N(CCC4CCCC4)C3=O)c2C)cc(C)c1Br. The number of hydrogen-bond donors (Lipinski definition) is 0. The van der Waals surface area contributed by atoms with Gasteiger partial charge in [-0.2, -0.15) is 0 Å². The van der Waals surface area contributed by atoms with Crippen molar-refractivity contribution >= 4 is 56.2 Å². The minimum Gasteiger partial charge on any atom is -0.318 e. The normalized spacial score (nSPS) is 18.7. The highest BCUT2D eigenvalue weighted by Crippen LogP contribution is 2.36. The molecule has 0 atom stereocenters. The van der Waals surface area contributed by atoms with Crippen LogP contribution < -0.4 is 0 Å². The molecule has 1 saturated carbocycles. The van der Waals surface area contributed by atoms with Gasteiger partial charge in [0.2, 0.25) is 0 Å². The summed E-state index contributed by atoms with van der Waals surface area (Å²) in [6.45, 7) is 9.22. The molecule has 0 bridgehead atoms. The Labute approximate surface area is 203 Å². The van der Waals surface area contributed by atoms with Gasteiger partial charge in [0.1, 0.15) is 4.32 Å². The average molecular weight is 518 g/mol. The minimum absolute atomic E-state index is 0.0631. The van der Waals surface area contributed by atoms with E-state index < -0.39 is 0 Å². The molecule has 0 unspecified atom stereocenters. The monoisotopic (exact) mass is 516 g/mol. The molecule has 1 aromatic heterocycles. The molecule has 2 fully saturated rings. The second kappa shape index (κ2) is 9.24. The highest BCUT2D eigenvalue weighted by Gasteiger charge is 2.32. The summed E-state index contributed by atoms with van der Waals surface area (Å²) < 4.78 is 4.11. The van der Waals surface area contributed by atoms with Gasteiger partial charge in [-0.15, -0.1) is 0 Å². The lowest BCUT2D eigenvalue weighted by Gasteiger charge is -2.17. The van der Waals surface area contributed by atoms with Crippen LogP contribution in [0.5, 0.6) is 0 Å². The summed E-state index contributed by atoms with van der Waals surface area (Å²) >= 11 is 10.7. The van der Waals surface area contributed by atoms with Crippen LogP contribution in [0, 0.1) is 33.6 Å². The Balaban J connectivity index is 1.59. The summed E-state index contributed by atoms with van der Waals surface area (Å²) in [6, 6.07) is 6.56. The van der Waals surface area contributed by atoms with E-state index in [4.69, 9.17) is 12.2 Å². The zero-order chi connectivity index (χ0) is 22.3. The molecule has 164 valence electrons. The molecule has 1 amide bonds. The lowest BCUT2D eigenvalue weighted by molar-refractivity contribution is -0.122. The Morgan fingerprint density at radius 2 is 1.77 bits per heavy atom. The predicted molar refractivity (Wildman–Crippen MR) is 139 cm³/mol. The maximum Gasteiger partial charge on any atom is 0.266 e. The number of rotatable bonds is 5. The molecular formula is C25H29BrN2OS2. The van der Waals surface area contributed by atoms with Crippen molar-refractivity contribution in [1.29, 1.82) is 0 Å². The third-order valence-corrected chi connectivity index (χ3v) is 9.17. The second-order valence-electron chi connectivity index (χ2n) is 8.83. The first-order valence-corrected chi connectivity index (χ1v) is 13.0. The number of aromatic nitrogens is 1. The molecule has 3 nitrogen and oxygen atoms in total. The van der Waals surface area contributed by atoms with Crippen LogP contribution in [0.3, 0.4) is 0 Å². The summed E-state index contributed by atoms with van der Waals surface area (Å²) in [7, 11) is 0. The number of nitrogens with zero attached hydrogens (tertiary/aromatic N) is 2. The number of benzene rings is 1. The van der Waals surface area contributed by atoms with E-state index in [9.17, 15) is 4.79 Å². The van der Waals surface area contributed by atoms with E-state index in [1.165, 1.54) is 48.6 Å². The Morgan fingerprint density at radius 1 is 1.13 bits per heavy atom. The van der Waals surface area contributed by atoms with Gasteiger partial charge in [-0.25, -0.2) is 0 Å². The fourth-order valence-electron chi connectivity index (χ4n) is 4.83. The van der Waals surface area contributed by atoms with E-state index in [1.807, 2.05) is 11.0 Å². The number of thioether (sulfide) groups is 1. The van der Waals surface area contributed by atoms with Crippen LogP contribution in [-0.2, 0) is 4.79 Å². The molecule has 31 heavy (non-hydrogen) atoms. The maximum atomic E-state index is 13.1. The van der Waals surface area contributed by atoms with Crippen molar-refractivity contribution in [3.05, 3.63) is 55.7 Å². The van der Waals surface area contributed by atoms with Crippen LogP contribution in [0.15, 0.2) is 27.6 Å². The second-order valence-corrected chi connectivity index (χ2v) is 11.3. The predicted octanol–water partition coefficient (Wildman–Crippen LogP) is 7.25. The van der Waals surface area contributed by atoms with Crippen LogP contribution in [-0.4, -0.2) is 26.2 Å². The molecular weight excluding hydrogens is 488 g/mol. The van der Waals surface area contributed by atoms with Crippen LogP contribution >= 0.6 is 39.9 Å². The lowest BCUT2D eigenvalue weighted by atomic mass is 10.0. The smallest absolute Gasteiger partial charge is 0.266 e. The Kier molecular flexibility index (Phi) is 6.80. The molecule has 2 aliphatic rings. The third-order valence-electron chi connectivity index (χ3n) is 6.55. The quantitative estimate of drug-likeness (QED) is 0.308. The number of carbonyl (C=O) groups excluding carboxylic acids is 1. The largest absolute Gasteiger partial charge is 0.318 e. The number of aryl methyl sites for hydroxylation is 3. The van der Waals surface area contributed by atoms with Crippen molar-refractivity contribution in [3.63, 3.8) is 0 Å². The zero-order valence-corrected chi connectivity index (χ0v) is 21.8. The van der Waals surface area contributed by atoms with E-state index in [0.29, 0.717) is 4.32 Å². The van der Waals surface area contributed by atoms with Crippen LogP contribution in [0.25, 0.3) is 11.8 Å². The summed E-state index contributed by atoms with van der Waals surface area (Å²) in [6.07, 6.45) is 8.34. The Morgan fingerprint density at radius 3 is 2.42 bits per heavy atom. The van der Waals surface area contributed by atoms with Crippen LogP contribution in [0.2, 0.25) is 0 Å². The third kappa shape index (κ3) is 4.57. The molecule has 1 aliphatic heterocycles. The van der Waals surface area contributed by atoms with Gasteiger partial charge in [0.05, 0.1) is 4.91 Å². The summed E-state index contributed by atoms with van der Waals surface area (Å²) in [5, 5.41) is 0. The van der Waals surface area contributed by atoms with Crippen molar-refractivity contribution in [2.24, 2.45) is 5.92 Å². The minimum atomic E-state index is 0.0631. The molecule has 1 saturated heterocycles. The van der Waals surface area contributed by atoms with Crippen molar-refractivity contribution < 1.29 is 4.79 Å². The molecule has 0 spiro atoms. The van der Waals surface area contributed by atoms with Gasteiger partial charge in [-0.1, -0.05) is 65.6 Å². The van der Waals surface area contributed by atoms with Gasteiger partial charge >= 0.3 is 0 Å². The van der Waals surface area contributed by atoms with Crippen molar-refractivity contribution in [2.45, 2.75) is 59.8 Å². The molecule has 0 radical (unpaired) electrons. The highest BCUT2D eigenvalue weighted by molar-refractivity contribution is 9.10. The molecule has 2 heterocycles. The topological polar surface area (TPSA) is 25.2 Å².